The lowest BCUT2D eigenvalue weighted by molar-refractivity contribution is -0.917. The van der Waals surface area contributed by atoms with E-state index in [0.29, 0.717) is 28.9 Å². The van der Waals surface area contributed by atoms with Crippen LogP contribution in [0.25, 0.3) is 0 Å². The van der Waals surface area contributed by atoms with Crippen LogP contribution in [0.2, 0.25) is 10.0 Å². The van der Waals surface area contributed by atoms with E-state index in [2.05, 4.69) is 6.07 Å². The van der Waals surface area contributed by atoms with Gasteiger partial charge in [-0.3, -0.25) is 4.79 Å². The number of ether oxygens (including phenoxy) is 3. The maximum Gasteiger partial charge on any atom is 0.263 e. The molecule has 1 fully saturated rings. The van der Waals surface area contributed by atoms with Crippen molar-refractivity contribution in [3.63, 3.8) is 0 Å². The number of nitrogens with one attached hydrogen (secondary N) is 1. The van der Waals surface area contributed by atoms with E-state index >= 15 is 0 Å². The normalized spacial score (nSPS) is 17.3. The molecule has 2 aromatic carbocycles. The van der Waals surface area contributed by atoms with E-state index in [1.165, 1.54) is 10.5 Å². The molecule has 6 nitrogen and oxygen atoms in total. The van der Waals surface area contributed by atoms with E-state index < -0.39 is 6.10 Å². The summed E-state index contributed by atoms with van der Waals surface area (Å²) >= 11 is 12.0. The van der Waals surface area contributed by atoms with Crippen molar-refractivity contribution in [2.24, 2.45) is 0 Å². The largest absolute Gasteiger partial charge is 0.479 e. The smallest absolute Gasteiger partial charge is 0.263 e. The van der Waals surface area contributed by atoms with Gasteiger partial charge in [-0.1, -0.05) is 23.2 Å². The molecule has 0 aromatic heterocycles. The van der Waals surface area contributed by atoms with Crippen LogP contribution in [0, 0.1) is 0 Å². The van der Waals surface area contributed by atoms with Crippen LogP contribution in [0.4, 0.5) is 0 Å². The molecule has 0 bridgehead atoms. The fourth-order valence-corrected chi connectivity index (χ4v) is 4.08. The van der Waals surface area contributed by atoms with Crippen LogP contribution in [-0.2, 0) is 11.3 Å². The number of carbonyl (C=O) groups excluding carboxylic acids is 1. The first-order chi connectivity index (χ1) is 14.0. The van der Waals surface area contributed by atoms with E-state index in [1.54, 1.807) is 25.1 Å². The van der Waals surface area contributed by atoms with Crippen LogP contribution in [0.3, 0.4) is 0 Å². The maximum absolute atomic E-state index is 12.8. The summed E-state index contributed by atoms with van der Waals surface area (Å²) in [6.07, 6.45) is -0.607. The lowest BCUT2D eigenvalue weighted by Crippen LogP contribution is -3.13. The van der Waals surface area contributed by atoms with E-state index in [0.717, 1.165) is 31.1 Å². The number of quaternary nitrogens is 1. The van der Waals surface area contributed by atoms with Gasteiger partial charge in [0.1, 0.15) is 12.3 Å². The molecular formula is C21H23Cl2N2O4+. The highest BCUT2D eigenvalue weighted by Gasteiger charge is 2.28. The number of benzene rings is 2. The van der Waals surface area contributed by atoms with Crippen molar-refractivity contribution in [1.82, 2.24) is 4.90 Å². The topological polar surface area (TPSA) is 52.4 Å². The van der Waals surface area contributed by atoms with Crippen LogP contribution in [0.1, 0.15) is 12.5 Å². The molecule has 8 heteroatoms. The molecule has 1 N–H and O–H groups in total. The Morgan fingerprint density at radius 2 is 1.90 bits per heavy atom. The number of hydrogen-bond acceptors (Lipinski definition) is 4. The van der Waals surface area contributed by atoms with Crippen molar-refractivity contribution in [2.75, 3.05) is 33.0 Å². The predicted molar refractivity (Wildman–Crippen MR) is 110 cm³/mol. The number of piperazine rings is 1. The molecular weight excluding hydrogens is 415 g/mol. The van der Waals surface area contributed by atoms with Gasteiger partial charge in [0.25, 0.3) is 5.91 Å². The van der Waals surface area contributed by atoms with E-state index in [1.807, 2.05) is 17.0 Å². The fourth-order valence-electron chi connectivity index (χ4n) is 3.63. The Bertz CT molecular complexity index is 900. The van der Waals surface area contributed by atoms with Crippen LogP contribution in [0.15, 0.2) is 36.4 Å². The molecule has 1 saturated heterocycles. The Balaban J connectivity index is 1.29. The molecule has 29 heavy (non-hydrogen) atoms. The molecule has 0 saturated carbocycles. The van der Waals surface area contributed by atoms with Gasteiger partial charge in [0.05, 0.1) is 31.2 Å². The van der Waals surface area contributed by atoms with Crippen molar-refractivity contribution in [3.05, 3.63) is 52.0 Å². The van der Waals surface area contributed by atoms with Gasteiger partial charge in [0, 0.05) is 10.6 Å². The van der Waals surface area contributed by atoms with Gasteiger partial charge in [-0.15, -0.1) is 0 Å². The molecule has 154 valence electrons. The molecule has 2 aliphatic rings. The number of nitrogens with zero attached hydrogens (tertiary/aromatic N) is 1. The Morgan fingerprint density at radius 3 is 2.66 bits per heavy atom. The highest BCUT2D eigenvalue weighted by molar-refractivity contribution is 6.35. The third-order valence-corrected chi connectivity index (χ3v) is 5.75. The zero-order valence-corrected chi connectivity index (χ0v) is 17.6. The van der Waals surface area contributed by atoms with Gasteiger partial charge in [-0.05, 0) is 43.3 Å². The van der Waals surface area contributed by atoms with Gasteiger partial charge in [0.2, 0.25) is 6.79 Å². The van der Waals surface area contributed by atoms with Gasteiger partial charge in [0.15, 0.2) is 17.6 Å². The molecule has 2 aromatic rings. The maximum atomic E-state index is 12.8. The minimum atomic E-state index is -0.607. The second kappa shape index (κ2) is 8.69. The number of hydrogen-bond donors (Lipinski definition) is 1. The molecule has 1 amide bonds. The van der Waals surface area contributed by atoms with Crippen molar-refractivity contribution < 1.29 is 23.9 Å². The molecule has 2 heterocycles. The fraction of sp³-hybridized carbons (Fsp3) is 0.381. The molecule has 0 radical (unpaired) electrons. The van der Waals surface area contributed by atoms with Crippen LogP contribution >= 0.6 is 23.2 Å². The lowest BCUT2D eigenvalue weighted by atomic mass is 10.1. The summed E-state index contributed by atoms with van der Waals surface area (Å²) in [7, 11) is 0. The molecule has 2 aliphatic heterocycles. The van der Waals surface area contributed by atoms with Gasteiger partial charge >= 0.3 is 0 Å². The highest BCUT2D eigenvalue weighted by atomic mass is 35.5. The first kappa shape index (κ1) is 20.1. The summed E-state index contributed by atoms with van der Waals surface area (Å²) in [5, 5.41) is 0.929. The standard InChI is InChI=1S/C21H22Cl2N2O4/c1-14(29-18-5-3-16(22)11-17(18)23)21(26)25-8-6-24(7-9-25)12-15-2-4-19-20(10-15)28-13-27-19/h2-5,10-11,14H,6-9,12-13H2,1H3/p+1/t14-/m1/s1. The number of fused-ring (bicyclic) bond motifs is 1. The average molecular weight is 438 g/mol. The van der Waals surface area contributed by atoms with Crippen LogP contribution in [-0.4, -0.2) is 49.9 Å². The zero-order chi connectivity index (χ0) is 20.4. The summed E-state index contributed by atoms with van der Waals surface area (Å²) in [6, 6.07) is 11.0. The second-order valence-electron chi connectivity index (χ2n) is 7.27. The summed E-state index contributed by atoms with van der Waals surface area (Å²) in [5.41, 5.74) is 1.21. The van der Waals surface area contributed by atoms with E-state index in [9.17, 15) is 4.79 Å². The number of halogens is 2. The van der Waals surface area contributed by atoms with Crippen molar-refractivity contribution in [1.29, 1.82) is 0 Å². The van der Waals surface area contributed by atoms with Crippen molar-refractivity contribution in [3.8, 4) is 17.2 Å². The Morgan fingerprint density at radius 1 is 1.14 bits per heavy atom. The zero-order valence-electron chi connectivity index (χ0n) is 16.1. The number of carbonyl (C=O) groups is 1. The third kappa shape index (κ3) is 4.71. The first-order valence-corrected chi connectivity index (χ1v) is 10.4. The Labute approximate surface area is 179 Å². The van der Waals surface area contributed by atoms with E-state index in [-0.39, 0.29) is 12.7 Å². The SMILES string of the molecule is C[C@@H](Oc1ccc(Cl)cc1Cl)C(=O)N1CC[NH+](Cc2ccc3c(c2)OCO3)CC1. The number of amides is 1. The molecule has 0 aliphatic carbocycles. The Hall–Kier alpha value is -2.15. The molecule has 0 spiro atoms. The highest BCUT2D eigenvalue weighted by Crippen LogP contribution is 2.32. The monoisotopic (exact) mass is 437 g/mol. The lowest BCUT2D eigenvalue weighted by Gasteiger charge is -2.33. The van der Waals surface area contributed by atoms with Crippen molar-refractivity contribution >= 4 is 29.1 Å². The van der Waals surface area contributed by atoms with E-state index in [4.69, 9.17) is 37.4 Å². The summed E-state index contributed by atoms with van der Waals surface area (Å²) in [6.45, 7) is 6.09. The predicted octanol–water partition coefficient (Wildman–Crippen LogP) is 2.42. The first-order valence-electron chi connectivity index (χ1n) is 9.62. The van der Waals surface area contributed by atoms with Crippen LogP contribution < -0.4 is 19.1 Å². The minimum Gasteiger partial charge on any atom is -0.479 e. The Kier molecular flexibility index (Phi) is 6.04. The summed E-state index contributed by atoms with van der Waals surface area (Å²) in [5.74, 6) is 2.04. The molecule has 1 atom stereocenters. The van der Waals surface area contributed by atoms with Crippen molar-refractivity contribution in [2.45, 2.75) is 19.6 Å². The van der Waals surface area contributed by atoms with Gasteiger partial charge in [-0.2, -0.15) is 0 Å². The average Bonchev–Trinajstić information content (AvgIpc) is 3.18. The quantitative estimate of drug-likeness (QED) is 0.780. The van der Waals surface area contributed by atoms with Gasteiger partial charge in [-0.25, -0.2) is 0 Å². The molecule has 0 unspecified atom stereocenters. The number of rotatable bonds is 5. The summed E-state index contributed by atoms with van der Waals surface area (Å²) < 4.78 is 16.6. The third-order valence-electron chi connectivity index (χ3n) is 5.22. The molecule has 4 rings (SSSR count). The minimum absolute atomic E-state index is 0.0295. The second-order valence-corrected chi connectivity index (χ2v) is 8.12. The van der Waals surface area contributed by atoms with Gasteiger partial charge < -0.3 is 24.0 Å². The summed E-state index contributed by atoms with van der Waals surface area (Å²) in [4.78, 5) is 16.1. The van der Waals surface area contributed by atoms with Crippen LogP contribution in [0.5, 0.6) is 17.2 Å².